The third-order valence-electron chi connectivity index (χ3n) is 2.63. The molecule has 3 nitrogen and oxygen atoms in total. The Morgan fingerprint density at radius 2 is 1.86 bits per heavy atom. The number of halogens is 4. The van der Waals surface area contributed by atoms with E-state index < -0.39 is 11.7 Å². The lowest BCUT2D eigenvalue weighted by molar-refractivity contribution is -0.139. The smallest absolute Gasteiger partial charge is 0.419 e. The number of hydrogen-bond donors (Lipinski definition) is 0. The lowest BCUT2D eigenvalue weighted by Gasteiger charge is -2.15. The number of benzene rings is 1. The van der Waals surface area contributed by atoms with Crippen molar-refractivity contribution in [3.05, 3.63) is 29.3 Å². The van der Waals surface area contributed by atoms with Crippen LogP contribution in [0.25, 0.3) is 0 Å². The molecule has 0 fully saturated rings. The quantitative estimate of drug-likeness (QED) is 0.509. The SMILES string of the molecule is COCCCOCCOc1ccc(CCl)cc1C(F)(F)F. The highest BCUT2D eigenvalue weighted by atomic mass is 35.5. The maximum absolute atomic E-state index is 12.9. The average molecular weight is 327 g/mol. The molecule has 0 atom stereocenters. The van der Waals surface area contributed by atoms with Gasteiger partial charge in [0.25, 0.3) is 0 Å². The molecule has 0 aliphatic carbocycles. The van der Waals surface area contributed by atoms with Crippen LogP contribution in [0, 0.1) is 0 Å². The molecule has 0 aliphatic rings. The summed E-state index contributed by atoms with van der Waals surface area (Å²) in [5, 5.41) is 0. The van der Waals surface area contributed by atoms with Crippen LogP contribution in [0.2, 0.25) is 0 Å². The van der Waals surface area contributed by atoms with Gasteiger partial charge in [-0.2, -0.15) is 13.2 Å². The second-order valence-corrected chi connectivity index (χ2v) is 4.54. The van der Waals surface area contributed by atoms with Gasteiger partial charge in [0.1, 0.15) is 12.4 Å². The zero-order chi connectivity index (χ0) is 15.7. The standard InChI is InChI=1S/C14H18ClF3O3/c1-19-5-2-6-20-7-8-21-13-4-3-11(10-15)9-12(13)14(16,17)18/h3-4,9H,2,5-8,10H2,1H3. The fourth-order valence-corrected chi connectivity index (χ4v) is 1.79. The first-order valence-corrected chi connectivity index (χ1v) is 6.98. The predicted molar refractivity (Wildman–Crippen MR) is 73.8 cm³/mol. The van der Waals surface area contributed by atoms with Crippen LogP contribution in [-0.2, 0) is 21.5 Å². The second-order valence-electron chi connectivity index (χ2n) is 4.27. The number of methoxy groups -OCH3 is 1. The molecule has 120 valence electrons. The molecule has 1 rings (SSSR count). The molecule has 0 aliphatic heterocycles. The first-order chi connectivity index (χ1) is 9.99. The van der Waals surface area contributed by atoms with E-state index in [2.05, 4.69) is 0 Å². The highest BCUT2D eigenvalue weighted by Gasteiger charge is 2.34. The van der Waals surface area contributed by atoms with E-state index in [4.69, 9.17) is 25.8 Å². The predicted octanol–water partition coefficient (Wildman–Crippen LogP) is 3.88. The number of rotatable bonds is 9. The van der Waals surface area contributed by atoms with Gasteiger partial charge in [-0.05, 0) is 24.1 Å². The van der Waals surface area contributed by atoms with Gasteiger partial charge < -0.3 is 14.2 Å². The number of hydrogen-bond acceptors (Lipinski definition) is 3. The zero-order valence-corrected chi connectivity index (χ0v) is 12.5. The van der Waals surface area contributed by atoms with Crippen molar-refractivity contribution < 1.29 is 27.4 Å². The Kier molecular flexibility index (Phi) is 7.85. The van der Waals surface area contributed by atoms with Crippen molar-refractivity contribution >= 4 is 11.6 Å². The van der Waals surface area contributed by atoms with Gasteiger partial charge >= 0.3 is 6.18 Å². The summed E-state index contributed by atoms with van der Waals surface area (Å²) < 4.78 is 54.0. The van der Waals surface area contributed by atoms with Crippen molar-refractivity contribution in [2.75, 3.05) is 33.5 Å². The summed E-state index contributed by atoms with van der Waals surface area (Å²) in [7, 11) is 1.59. The van der Waals surface area contributed by atoms with Crippen LogP contribution in [0.3, 0.4) is 0 Å². The highest BCUT2D eigenvalue weighted by molar-refractivity contribution is 6.17. The molecular formula is C14H18ClF3O3. The van der Waals surface area contributed by atoms with Crippen LogP contribution in [0.1, 0.15) is 17.5 Å². The normalized spacial score (nSPS) is 11.7. The molecule has 0 saturated heterocycles. The first kappa shape index (κ1) is 18.1. The van der Waals surface area contributed by atoms with E-state index >= 15 is 0 Å². The fourth-order valence-electron chi connectivity index (χ4n) is 1.63. The maximum atomic E-state index is 12.9. The van der Waals surface area contributed by atoms with Crippen molar-refractivity contribution in [2.45, 2.75) is 18.5 Å². The lowest BCUT2D eigenvalue weighted by Crippen LogP contribution is -2.13. The molecule has 0 N–H and O–H groups in total. The topological polar surface area (TPSA) is 27.7 Å². The van der Waals surface area contributed by atoms with Crippen LogP contribution in [0.4, 0.5) is 13.2 Å². The van der Waals surface area contributed by atoms with Crippen molar-refractivity contribution in [1.82, 2.24) is 0 Å². The maximum Gasteiger partial charge on any atom is 0.419 e. The summed E-state index contributed by atoms with van der Waals surface area (Å²) in [6, 6.07) is 3.80. The van der Waals surface area contributed by atoms with Crippen LogP contribution in [0.5, 0.6) is 5.75 Å². The van der Waals surface area contributed by atoms with Gasteiger partial charge in [-0.15, -0.1) is 11.6 Å². The molecule has 0 radical (unpaired) electrons. The molecule has 7 heteroatoms. The van der Waals surface area contributed by atoms with E-state index in [0.717, 1.165) is 12.5 Å². The number of ether oxygens (including phenoxy) is 3. The zero-order valence-electron chi connectivity index (χ0n) is 11.7. The Hall–Kier alpha value is -0.980. The van der Waals surface area contributed by atoms with Crippen LogP contribution < -0.4 is 4.74 Å². The van der Waals surface area contributed by atoms with E-state index in [1.165, 1.54) is 12.1 Å². The Morgan fingerprint density at radius 1 is 1.10 bits per heavy atom. The van der Waals surface area contributed by atoms with E-state index in [1.54, 1.807) is 7.11 Å². The summed E-state index contributed by atoms with van der Waals surface area (Å²) in [4.78, 5) is 0. The second kappa shape index (κ2) is 9.12. The minimum absolute atomic E-state index is 0.0198. The minimum Gasteiger partial charge on any atom is -0.491 e. The Balaban J connectivity index is 2.51. The summed E-state index contributed by atoms with van der Waals surface area (Å²) >= 11 is 5.55. The first-order valence-electron chi connectivity index (χ1n) is 6.44. The van der Waals surface area contributed by atoms with Crippen molar-refractivity contribution in [2.24, 2.45) is 0 Å². The average Bonchev–Trinajstić information content (AvgIpc) is 2.45. The minimum atomic E-state index is -4.48. The Morgan fingerprint density at radius 3 is 2.48 bits per heavy atom. The molecule has 1 aromatic carbocycles. The molecule has 21 heavy (non-hydrogen) atoms. The van der Waals surface area contributed by atoms with Crippen molar-refractivity contribution in [1.29, 1.82) is 0 Å². The van der Waals surface area contributed by atoms with Gasteiger partial charge in [-0.1, -0.05) is 6.07 Å². The third kappa shape index (κ3) is 6.54. The van der Waals surface area contributed by atoms with Gasteiger partial charge in [0.2, 0.25) is 0 Å². The molecule has 0 saturated carbocycles. The summed E-state index contributed by atoms with van der Waals surface area (Å²) in [6.07, 6.45) is -3.74. The molecule has 0 aromatic heterocycles. The van der Waals surface area contributed by atoms with Crippen LogP contribution in [0.15, 0.2) is 18.2 Å². The largest absolute Gasteiger partial charge is 0.491 e. The lowest BCUT2D eigenvalue weighted by atomic mass is 10.1. The van der Waals surface area contributed by atoms with Gasteiger partial charge in [-0.25, -0.2) is 0 Å². The third-order valence-corrected chi connectivity index (χ3v) is 2.93. The Bertz CT molecular complexity index is 424. The molecule has 0 amide bonds. The van der Waals surface area contributed by atoms with E-state index in [0.29, 0.717) is 18.8 Å². The van der Waals surface area contributed by atoms with Crippen molar-refractivity contribution in [3.8, 4) is 5.75 Å². The molecule has 1 aromatic rings. The van der Waals surface area contributed by atoms with Gasteiger partial charge in [-0.3, -0.25) is 0 Å². The van der Waals surface area contributed by atoms with E-state index in [1.807, 2.05) is 0 Å². The number of alkyl halides is 4. The molecular weight excluding hydrogens is 309 g/mol. The Labute approximate surface area is 126 Å². The highest BCUT2D eigenvalue weighted by Crippen LogP contribution is 2.37. The van der Waals surface area contributed by atoms with Gasteiger partial charge in [0.15, 0.2) is 0 Å². The molecule has 0 heterocycles. The van der Waals surface area contributed by atoms with E-state index in [-0.39, 0.29) is 24.8 Å². The van der Waals surface area contributed by atoms with Crippen LogP contribution in [-0.4, -0.2) is 33.5 Å². The molecule has 0 unspecified atom stereocenters. The van der Waals surface area contributed by atoms with E-state index in [9.17, 15) is 13.2 Å². The monoisotopic (exact) mass is 326 g/mol. The summed E-state index contributed by atoms with van der Waals surface area (Å²) in [6.45, 7) is 1.34. The molecule has 0 spiro atoms. The van der Waals surface area contributed by atoms with Gasteiger partial charge in [0, 0.05) is 26.2 Å². The van der Waals surface area contributed by atoms with Crippen LogP contribution >= 0.6 is 11.6 Å². The summed E-state index contributed by atoms with van der Waals surface area (Å²) in [5.74, 6) is -0.191. The van der Waals surface area contributed by atoms with Gasteiger partial charge in [0.05, 0.1) is 12.2 Å². The van der Waals surface area contributed by atoms with Crippen molar-refractivity contribution in [3.63, 3.8) is 0 Å². The summed E-state index contributed by atoms with van der Waals surface area (Å²) in [5.41, 5.74) is -0.424. The molecule has 0 bridgehead atoms. The fraction of sp³-hybridized carbons (Fsp3) is 0.571.